The summed E-state index contributed by atoms with van der Waals surface area (Å²) >= 11 is 8.19. The molecule has 0 rings (SSSR count). The van der Waals surface area contributed by atoms with Gasteiger partial charge in [0.15, 0.2) is 0 Å². The van der Waals surface area contributed by atoms with Gasteiger partial charge < -0.3 is 0 Å². The zero-order chi connectivity index (χ0) is 20.0. The average molecular weight is 445 g/mol. The van der Waals surface area contributed by atoms with Crippen LogP contribution in [0.2, 0.25) is 0 Å². The summed E-state index contributed by atoms with van der Waals surface area (Å²) in [6.07, 6.45) is 15.9. The third-order valence-electron chi connectivity index (χ3n) is 5.21. The molecule has 0 aliphatic heterocycles. The molecule has 0 N–H and O–H groups in total. The molecule has 0 saturated carbocycles. The Morgan fingerprint density at radius 1 is 0.654 bits per heavy atom. The topological polar surface area (TPSA) is 18.5 Å². The van der Waals surface area contributed by atoms with Gasteiger partial charge in [-0.3, -0.25) is 0 Å². The van der Waals surface area contributed by atoms with E-state index >= 15 is 0 Å². The molecule has 0 amide bonds. The van der Waals surface area contributed by atoms with Gasteiger partial charge in [0.1, 0.15) is 0 Å². The first-order chi connectivity index (χ1) is 12.4. The van der Waals surface area contributed by atoms with Crippen molar-refractivity contribution >= 4 is 34.3 Å². The van der Waals surface area contributed by atoms with Crippen molar-refractivity contribution in [3.05, 3.63) is 0 Å². The van der Waals surface area contributed by atoms with E-state index in [0.29, 0.717) is 13.2 Å². The van der Waals surface area contributed by atoms with E-state index in [1.165, 1.54) is 76.0 Å². The molecule has 0 saturated heterocycles. The van der Waals surface area contributed by atoms with Crippen molar-refractivity contribution < 1.29 is 9.05 Å². The van der Waals surface area contributed by atoms with Gasteiger partial charge in [-0.15, -0.1) is 0 Å². The van der Waals surface area contributed by atoms with Crippen molar-refractivity contribution in [1.29, 1.82) is 0 Å². The van der Waals surface area contributed by atoms with Gasteiger partial charge in [0.25, 0.3) is 0 Å². The number of unbranched alkanes of at least 4 members (excludes halogenated alkanes) is 4. The standard InChI is InChI=1S/C20H46O2P2S2/c1-7-13-17-24(18-14-8-2,19-15-9-3,20-16-10-4)26-23(25,21-11-5)22-12-6/h7-20H2,1-6H3. The van der Waals surface area contributed by atoms with Crippen LogP contribution < -0.4 is 0 Å². The summed E-state index contributed by atoms with van der Waals surface area (Å²) in [5.41, 5.74) is -2.26. The van der Waals surface area contributed by atoms with Gasteiger partial charge in [0, 0.05) is 0 Å². The van der Waals surface area contributed by atoms with Gasteiger partial charge in [-0.2, -0.15) is 0 Å². The molecular formula is C20H46O2P2S2. The molecule has 0 aromatic carbocycles. The summed E-state index contributed by atoms with van der Waals surface area (Å²) in [7, 11) is 0. The average Bonchev–Trinajstić information content (AvgIpc) is 2.62. The maximum absolute atomic E-state index is 6.17. The third-order valence-corrected chi connectivity index (χ3v) is 26.0. The third kappa shape index (κ3) is 9.23. The quantitative estimate of drug-likeness (QED) is 0.197. The Morgan fingerprint density at radius 2 is 0.962 bits per heavy atom. The van der Waals surface area contributed by atoms with Crippen molar-refractivity contribution in [3.63, 3.8) is 0 Å². The molecule has 0 aromatic heterocycles. The van der Waals surface area contributed by atoms with E-state index in [2.05, 4.69) is 52.5 Å². The van der Waals surface area contributed by atoms with Crippen LogP contribution in [0, 0.1) is 0 Å². The van der Waals surface area contributed by atoms with Crippen molar-refractivity contribution in [1.82, 2.24) is 0 Å². The zero-order valence-corrected chi connectivity index (χ0v) is 21.8. The molecule has 0 atom stereocenters. The van der Waals surface area contributed by atoms with Crippen LogP contribution in [0.4, 0.5) is 0 Å². The van der Waals surface area contributed by atoms with Gasteiger partial charge in [-0.25, -0.2) is 0 Å². The van der Waals surface area contributed by atoms with Crippen molar-refractivity contribution in [2.24, 2.45) is 0 Å². The summed E-state index contributed by atoms with van der Waals surface area (Å²) in [6.45, 7) is 14.8. The zero-order valence-electron chi connectivity index (χ0n) is 18.4. The molecule has 0 bridgehead atoms. The maximum atomic E-state index is 6.17. The number of hydrogen-bond donors (Lipinski definition) is 0. The van der Waals surface area contributed by atoms with Gasteiger partial charge in [-0.1, -0.05) is 0 Å². The van der Waals surface area contributed by atoms with Crippen molar-refractivity contribution in [2.75, 3.05) is 37.9 Å². The molecule has 2 nitrogen and oxygen atoms in total. The Labute approximate surface area is 173 Å². The second-order valence-corrected chi connectivity index (χ2v) is 23.2. The summed E-state index contributed by atoms with van der Waals surface area (Å²) < 4.78 is 12.3. The van der Waals surface area contributed by atoms with Crippen LogP contribution in [-0.2, 0) is 20.9 Å². The summed E-state index contributed by atoms with van der Waals surface area (Å²) in [5.74, 6) is -2.03. The van der Waals surface area contributed by atoms with Crippen LogP contribution in [0.5, 0.6) is 0 Å². The van der Waals surface area contributed by atoms with Crippen LogP contribution in [0.15, 0.2) is 0 Å². The molecule has 0 aliphatic carbocycles. The Morgan fingerprint density at radius 3 is 1.19 bits per heavy atom. The molecule has 0 unspecified atom stereocenters. The second-order valence-electron chi connectivity index (χ2n) is 7.53. The molecule has 0 spiro atoms. The van der Waals surface area contributed by atoms with Crippen LogP contribution in [0.3, 0.4) is 0 Å². The van der Waals surface area contributed by atoms with Crippen LogP contribution >= 0.6 is 22.5 Å². The summed E-state index contributed by atoms with van der Waals surface area (Å²) in [4.78, 5) is 0. The van der Waals surface area contributed by atoms with Crippen molar-refractivity contribution in [2.45, 2.75) is 92.9 Å². The molecule has 160 valence electrons. The Bertz CT molecular complexity index is 352. The fourth-order valence-corrected chi connectivity index (χ4v) is 31.0. The molecule has 6 heteroatoms. The van der Waals surface area contributed by atoms with E-state index < -0.39 is 11.5 Å². The summed E-state index contributed by atoms with van der Waals surface area (Å²) in [5, 5.41) is 0. The number of rotatable bonds is 18. The van der Waals surface area contributed by atoms with E-state index in [9.17, 15) is 0 Å². The normalized spacial score (nSPS) is 14.3. The van der Waals surface area contributed by atoms with Crippen LogP contribution in [0.1, 0.15) is 92.9 Å². The van der Waals surface area contributed by atoms with Gasteiger partial charge >= 0.3 is 174 Å². The second kappa shape index (κ2) is 14.4. The molecule has 0 aliphatic rings. The molecule has 0 aromatic rings. The first-order valence-corrected chi connectivity index (χ1v) is 18.6. The van der Waals surface area contributed by atoms with E-state index in [4.69, 9.17) is 20.9 Å². The van der Waals surface area contributed by atoms with Gasteiger partial charge in [0.2, 0.25) is 0 Å². The van der Waals surface area contributed by atoms with E-state index in [1.54, 1.807) is 0 Å². The predicted octanol–water partition coefficient (Wildman–Crippen LogP) is 8.69. The Hall–Kier alpha value is 1.35. The Balaban J connectivity index is 6.08. The van der Waals surface area contributed by atoms with Gasteiger partial charge in [-0.05, 0) is 0 Å². The SMILES string of the molecule is CCCCP(CCCC)(CCCC)(CCCC)SP(=S)(OCC)OCC. The minimum atomic E-state index is -2.26. The Kier molecular flexibility index (Phi) is 15.1. The monoisotopic (exact) mass is 444 g/mol. The molecular weight excluding hydrogens is 398 g/mol. The molecule has 26 heavy (non-hydrogen) atoms. The van der Waals surface area contributed by atoms with E-state index in [-0.39, 0.29) is 0 Å². The first kappa shape index (κ1) is 27.4. The van der Waals surface area contributed by atoms with Gasteiger partial charge in [0.05, 0.1) is 0 Å². The van der Waals surface area contributed by atoms with Crippen molar-refractivity contribution in [3.8, 4) is 0 Å². The fourth-order valence-electron chi connectivity index (χ4n) is 3.75. The van der Waals surface area contributed by atoms with Crippen LogP contribution in [0.25, 0.3) is 0 Å². The molecule has 0 heterocycles. The predicted molar refractivity (Wildman–Crippen MR) is 131 cm³/mol. The molecule has 0 radical (unpaired) electrons. The van der Waals surface area contributed by atoms with E-state index in [1.807, 2.05) is 0 Å². The molecule has 0 fully saturated rings. The van der Waals surface area contributed by atoms with E-state index in [0.717, 1.165) is 0 Å². The fraction of sp³-hybridized carbons (Fsp3) is 1.00. The summed E-state index contributed by atoms with van der Waals surface area (Å²) in [6, 6.07) is 0. The first-order valence-electron chi connectivity index (χ1n) is 11.0. The number of hydrogen-bond acceptors (Lipinski definition) is 4. The minimum absolute atomic E-state index is 0.667. The van der Waals surface area contributed by atoms with Crippen LogP contribution in [-0.4, -0.2) is 37.9 Å².